The van der Waals surface area contributed by atoms with Gasteiger partial charge >= 0.3 is 0 Å². The maximum Gasteiger partial charge on any atom is 0.269 e. The zero-order valence-electron chi connectivity index (χ0n) is 18.8. The average molecular weight is 485 g/mol. The predicted octanol–water partition coefficient (Wildman–Crippen LogP) is -0.909. The Balaban J connectivity index is 0.00000217. The van der Waals surface area contributed by atoms with Gasteiger partial charge in [-0.05, 0) is 36.5 Å². The first-order valence-electron chi connectivity index (χ1n) is 12.3. The van der Waals surface area contributed by atoms with E-state index in [0.717, 1.165) is 42.9 Å². The molecule has 8 heteroatoms. The van der Waals surface area contributed by atoms with Crippen LogP contribution >= 0.6 is 0 Å². The summed E-state index contributed by atoms with van der Waals surface area (Å²) in [5, 5.41) is 33.7. The van der Waals surface area contributed by atoms with Gasteiger partial charge in [0.15, 0.2) is 11.5 Å². The minimum Gasteiger partial charge on any atom is -1.00 e. The van der Waals surface area contributed by atoms with E-state index in [1.165, 1.54) is 31.0 Å². The van der Waals surface area contributed by atoms with Crippen molar-refractivity contribution in [2.75, 3.05) is 13.1 Å². The number of phenols is 1. The molecule has 0 amide bonds. The van der Waals surface area contributed by atoms with E-state index in [0.29, 0.717) is 17.7 Å². The van der Waals surface area contributed by atoms with Crippen molar-refractivity contribution in [2.24, 2.45) is 11.8 Å². The van der Waals surface area contributed by atoms with Crippen LogP contribution in [0.15, 0.2) is 36.4 Å². The highest BCUT2D eigenvalue weighted by Gasteiger charge is 2.69. The van der Waals surface area contributed by atoms with Crippen LogP contribution in [0.3, 0.4) is 0 Å². The Morgan fingerprint density at radius 2 is 2.06 bits per heavy atom. The molecule has 1 spiro atoms. The molecule has 7 rings (SSSR count). The first-order valence-corrected chi connectivity index (χ1v) is 12.3. The van der Waals surface area contributed by atoms with Gasteiger partial charge in [-0.25, -0.2) is 0 Å². The Bertz CT molecular complexity index is 1170. The van der Waals surface area contributed by atoms with Crippen LogP contribution in [0.25, 0.3) is 0 Å². The van der Waals surface area contributed by atoms with Gasteiger partial charge in [-0.1, -0.05) is 18.2 Å². The fourth-order valence-electron chi connectivity index (χ4n) is 7.88. The monoisotopic (exact) mass is 484 g/mol. The molecule has 2 unspecified atom stereocenters. The molecule has 5 aliphatic rings. The summed E-state index contributed by atoms with van der Waals surface area (Å²) in [7, 11) is 0. The van der Waals surface area contributed by atoms with E-state index in [1.807, 2.05) is 6.07 Å². The minimum atomic E-state index is -0.786. The third-order valence-electron chi connectivity index (χ3n) is 9.40. The second-order valence-electron chi connectivity index (χ2n) is 10.9. The fraction of sp³-hybridized carbons (Fsp3) is 0.538. The number of nitro groups is 1. The van der Waals surface area contributed by atoms with Crippen LogP contribution in [-0.2, 0) is 11.8 Å². The number of non-ortho nitro benzene ring substituents is 1. The number of aromatic hydroxyl groups is 1. The predicted molar refractivity (Wildman–Crippen MR) is 120 cm³/mol. The molecule has 3 N–H and O–H groups in total. The molecule has 2 bridgehead atoms. The summed E-state index contributed by atoms with van der Waals surface area (Å²) < 4.78 is 6.44. The fourth-order valence-corrected chi connectivity index (χ4v) is 7.88. The number of aliphatic hydroxyl groups excluding tert-OH is 1. The lowest BCUT2D eigenvalue weighted by atomic mass is 9.49. The van der Waals surface area contributed by atoms with Crippen molar-refractivity contribution in [3.8, 4) is 11.5 Å². The number of ether oxygens (including phenoxy) is 1. The van der Waals surface area contributed by atoms with E-state index < -0.39 is 12.2 Å². The first kappa shape index (κ1) is 22.1. The van der Waals surface area contributed by atoms with Crippen molar-refractivity contribution in [1.82, 2.24) is 0 Å². The quantitative estimate of drug-likeness (QED) is 0.386. The number of nitrogens with one attached hydrogen (secondary N) is 1. The number of aliphatic hydroxyl groups is 1. The van der Waals surface area contributed by atoms with Crippen molar-refractivity contribution in [3.63, 3.8) is 0 Å². The zero-order valence-corrected chi connectivity index (χ0v) is 19.6. The number of quaternary nitrogens is 1. The van der Waals surface area contributed by atoms with Gasteiger partial charge in [0.1, 0.15) is 6.10 Å². The second-order valence-corrected chi connectivity index (χ2v) is 10.9. The lowest BCUT2D eigenvalue weighted by Gasteiger charge is -2.58. The molecular formula is C26H29ClN2O5. The van der Waals surface area contributed by atoms with Crippen molar-refractivity contribution in [3.05, 3.63) is 63.2 Å². The highest BCUT2D eigenvalue weighted by molar-refractivity contribution is 5.60. The van der Waals surface area contributed by atoms with E-state index >= 15 is 0 Å². The summed E-state index contributed by atoms with van der Waals surface area (Å²) in [5.41, 5.74) is 2.98. The number of hydrogen-bond donors (Lipinski definition) is 3. The Morgan fingerprint density at radius 3 is 2.82 bits per heavy atom. The number of halogens is 1. The highest BCUT2D eigenvalue weighted by atomic mass is 35.5. The molecule has 7 atom stereocenters. The lowest BCUT2D eigenvalue weighted by molar-refractivity contribution is -0.939. The van der Waals surface area contributed by atoms with Crippen LogP contribution in [-0.4, -0.2) is 46.5 Å². The van der Waals surface area contributed by atoms with E-state index in [4.69, 9.17) is 4.74 Å². The van der Waals surface area contributed by atoms with Crippen molar-refractivity contribution in [1.29, 1.82) is 0 Å². The van der Waals surface area contributed by atoms with Gasteiger partial charge in [-0.2, -0.15) is 0 Å². The molecular weight excluding hydrogens is 456 g/mol. The van der Waals surface area contributed by atoms with Gasteiger partial charge < -0.3 is 32.3 Å². The molecule has 2 aromatic carbocycles. The summed E-state index contributed by atoms with van der Waals surface area (Å²) in [6, 6.07) is 11.0. The van der Waals surface area contributed by atoms with E-state index in [2.05, 4.69) is 6.07 Å². The van der Waals surface area contributed by atoms with Gasteiger partial charge in [0.05, 0.1) is 35.6 Å². The van der Waals surface area contributed by atoms with Crippen LogP contribution in [0.1, 0.15) is 48.3 Å². The first-order chi connectivity index (χ1) is 16.0. The normalized spacial score (nSPS) is 36.7. The standard InChI is InChI=1S/C26H28N2O5.ClH/c29-21-7-6-16-11-20-19-12-18(15-2-1-3-17(10-15)28(31)32)23(30)25-26(19,22(16)24(21)33-25)8-9-27(20)13-14-4-5-14;/h1-3,6-7,10,14,18-20,23,25,29-30H,4-5,8-9,11-13H2;1H/t18-,19?,20-,23+,25+,26+;/m1./s1. The molecule has 2 aromatic rings. The van der Waals surface area contributed by atoms with Gasteiger partial charge in [-0.15, -0.1) is 0 Å². The van der Waals surface area contributed by atoms with Crippen LogP contribution in [0.2, 0.25) is 0 Å². The maximum atomic E-state index is 11.7. The zero-order chi connectivity index (χ0) is 22.5. The van der Waals surface area contributed by atoms with Crippen LogP contribution < -0.4 is 22.0 Å². The molecule has 34 heavy (non-hydrogen) atoms. The second kappa shape index (κ2) is 7.57. The molecule has 2 saturated carbocycles. The molecule has 7 nitrogen and oxygen atoms in total. The van der Waals surface area contributed by atoms with E-state index in [-0.39, 0.29) is 40.1 Å². The Hall–Kier alpha value is -2.35. The number of benzene rings is 2. The molecule has 0 radical (unpaired) electrons. The Morgan fingerprint density at radius 1 is 1.24 bits per heavy atom. The molecule has 2 heterocycles. The number of rotatable bonds is 4. The third kappa shape index (κ3) is 2.90. The topological polar surface area (TPSA) is 97.3 Å². The molecule has 1 saturated heterocycles. The van der Waals surface area contributed by atoms with Crippen molar-refractivity contribution >= 4 is 5.69 Å². The SMILES string of the molecule is O=[N+]([O-])c1cccc([C@H]2CC3[C@H]4Cc5ccc(O)c6c5[C@@]3(CC[NH+]4CC3CC3)[C@@H](O6)[C@H]2O)c1.[Cl-]. The number of likely N-dealkylation sites (tertiary alicyclic amines) is 1. The van der Waals surface area contributed by atoms with E-state index in [9.17, 15) is 20.3 Å². The number of phenolic OH excluding ortho intramolecular Hbond substituents is 1. The minimum absolute atomic E-state index is 0. The number of hydrogen-bond acceptors (Lipinski definition) is 5. The summed E-state index contributed by atoms with van der Waals surface area (Å²) >= 11 is 0. The summed E-state index contributed by atoms with van der Waals surface area (Å²) in [6.07, 6.45) is 4.14. The van der Waals surface area contributed by atoms with Crippen molar-refractivity contribution < 1.29 is 37.2 Å². The molecule has 3 fully saturated rings. The molecule has 3 aliphatic carbocycles. The Kier molecular flexibility index (Phi) is 4.93. The average Bonchev–Trinajstić information content (AvgIpc) is 3.56. The van der Waals surface area contributed by atoms with Gasteiger partial charge in [-0.3, -0.25) is 10.1 Å². The van der Waals surface area contributed by atoms with Crippen LogP contribution in [0.4, 0.5) is 5.69 Å². The van der Waals surface area contributed by atoms with Gasteiger partial charge in [0.25, 0.3) is 5.69 Å². The largest absolute Gasteiger partial charge is 1.00 e. The smallest absolute Gasteiger partial charge is 0.269 e. The third-order valence-corrected chi connectivity index (χ3v) is 9.40. The molecule has 0 aromatic heterocycles. The summed E-state index contributed by atoms with van der Waals surface area (Å²) in [5.74, 6) is 1.64. The van der Waals surface area contributed by atoms with Gasteiger partial charge in [0, 0.05) is 48.3 Å². The van der Waals surface area contributed by atoms with Crippen molar-refractivity contribution in [2.45, 2.75) is 61.7 Å². The molecule has 2 aliphatic heterocycles. The summed E-state index contributed by atoms with van der Waals surface area (Å²) in [4.78, 5) is 12.7. The van der Waals surface area contributed by atoms with Crippen LogP contribution in [0.5, 0.6) is 11.5 Å². The lowest BCUT2D eigenvalue weighted by Crippen LogP contribution is -3.19. The summed E-state index contributed by atoms with van der Waals surface area (Å²) in [6.45, 7) is 2.29. The highest BCUT2D eigenvalue weighted by Crippen LogP contribution is 2.64. The van der Waals surface area contributed by atoms with Crippen LogP contribution in [0, 0.1) is 22.0 Å². The number of piperidine rings is 1. The Labute approximate surface area is 204 Å². The van der Waals surface area contributed by atoms with Gasteiger partial charge in [0.2, 0.25) is 0 Å². The molecule has 180 valence electrons. The number of nitrogens with zero attached hydrogens (tertiary/aromatic N) is 1. The number of nitro benzene ring substituents is 1. The van der Waals surface area contributed by atoms with E-state index in [1.54, 1.807) is 23.1 Å². The maximum absolute atomic E-state index is 11.7.